The second-order valence-corrected chi connectivity index (χ2v) is 10.2. The number of benzene rings is 1. The molecule has 0 saturated heterocycles. The zero-order chi connectivity index (χ0) is 13.1. The molecule has 17 heavy (non-hydrogen) atoms. The molecule has 90 valence electrons. The molecule has 0 aliphatic rings. The highest BCUT2D eigenvalue weighted by Gasteiger charge is 2.25. The average molecular weight is 267 g/mol. The van der Waals surface area contributed by atoms with Gasteiger partial charge in [-0.2, -0.15) is 5.26 Å². The predicted octanol–water partition coefficient (Wildman–Crippen LogP) is 2.14. The van der Waals surface area contributed by atoms with Crippen molar-refractivity contribution in [1.82, 2.24) is 5.32 Å². The van der Waals surface area contributed by atoms with E-state index in [0.29, 0.717) is 10.6 Å². The fraction of sp³-hybridized carbons (Fsp3) is 0.333. The first-order valence-electron chi connectivity index (χ1n) is 5.32. The van der Waals surface area contributed by atoms with E-state index in [1.807, 2.05) is 18.2 Å². The van der Waals surface area contributed by atoms with Gasteiger partial charge in [-0.15, -0.1) is 0 Å². The third kappa shape index (κ3) is 3.32. The molecular weight excluding hydrogens is 252 g/mol. The van der Waals surface area contributed by atoms with Crippen LogP contribution < -0.4 is 10.5 Å². The zero-order valence-corrected chi connectivity index (χ0v) is 11.9. The number of hydrogen-bond acceptors (Lipinski definition) is 2. The van der Waals surface area contributed by atoms with Crippen molar-refractivity contribution in [3.05, 3.63) is 28.8 Å². The number of rotatable bonds is 3. The Labute approximate surface area is 107 Å². The van der Waals surface area contributed by atoms with Crippen LogP contribution in [-0.4, -0.2) is 20.5 Å². The van der Waals surface area contributed by atoms with Crippen LogP contribution in [-0.2, 0) is 0 Å². The van der Waals surface area contributed by atoms with Crippen LogP contribution >= 0.6 is 11.6 Å². The Bertz CT molecular complexity index is 474. The number of nitrogens with one attached hydrogen (secondary N) is 1. The van der Waals surface area contributed by atoms with E-state index < -0.39 is 8.07 Å². The summed E-state index contributed by atoms with van der Waals surface area (Å²) in [6.45, 7) is 6.45. The maximum Gasteiger partial charge on any atom is 0.253 e. The molecule has 0 heterocycles. The molecule has 1 amide bonds. The molecule has 0 radical (unpaired) electrons. The predicted molar refractivity (Wildman–Crippen MR) is 72.4 cm³/mol. The lowest BCUT2D eigenvalue weighted by Gasteiger charge is -2.21. The van der Waals surface area contributed by atoms with Crippen LogP contribution in [0.4, 0.5) is 0 Å². The van der Waals surface area contributed by atoms with E-state index in [0.717, 1.165) is 5.19 Å². The minimum Gasteiger partial charge on any atom is -0.339 e. The highest BCUT2D eigenvalue weighted by molar-refractivity contribution is 6.89. The summed E-state index contributed by atoms with van der Waals surface area (Å²) in [4.78, 5) is 12.0. The fourth-order valence-corrected chi connectivity index (χ4v) is 3.52. The summed E-state index contributed by atoms with van der Waals surface area (Å²) in [6.07, 6.45) is 0. The highest BCUT2D eigenvalue weighted by Crippen LogP contribution is 2.17. The minimum absolute atomic E-state index is 0.00477. The molecular formula is C12H15ClN2OSi. The van der Waals surface area contributed by atoms with Crippen molar-refractivity contribution in [1.29, 1.82) is 5.26 Å². The third-order valence-corrected chi connectivity index (χ3v) is 4.72. The molecule has 3 nitrogen and oxygen atoms in total. The van der Waals surface area contributed by atoms with E-state index in [4.69, 9.17) is 16.9 Å². The van der Waals surface area contributed by atoms with Crippen molar-refractivity contribution in [3.8, 4) is 6.07 Å². The summed E-state index contributed by atoms with van der Waals surface area (Å²) >= 11 is 6.09. The topological polar surface area (TPSA) is 52.9 Å². The van der Waals surface area contributed by atoms with Gasteiger partial charge < -0.3 is 5.32 Å². The lowest BCUT2D eigenvalue weighted by atomic mass is 10.2. The first kappa shape index (κ1) is 13.8. The first-order valence-corrected chi connectivity index (χ1v) is 9.20. The molecule has 0 fully saturated rings. The van der Waals surface area contributed by atoms with Crippen LogP contribution in [0.15, 0.2) is 18.2 Å². The maximum absolute atomic E-state index is 12.0. The Morgan fingerprint density at radius 2 is 2.12 bits per heavy atom. The van der Waals surface area contributed by atoms with Crippen LogP contribution in [0.3, 0.4) is 0 Å². The molecule has 0 aromatic heterocycles. The van der Waals surface area contributed by atoms with Gasteiger partial charge in [-0.25, -0.2) is 0 Å². The Morgan fingerprint density at radius 1 is 1.47 bits per heavy atom. The zero-order valence-electron chi connectivity index (χ0n) is 10.2. The summed E-state index contributed by atoms with van der Waals surface area (Å²) in [5, 5.41) is 12.5. The van der Waals surface area contributed by atoms with Gasteiger partial charge in [0.15, 0.2) is 0 Å². The molecule has 0 aliphatic carbocycles. The van der Waals surface area contributed by atoms with Crippen LogP contribution in [0.1, 0.15) is 10.4 Å². The number of carbonyl (C=O) groups excluding carboxylic acids is 1. The average Bonchev–Trinajstić information content (AvgIpc) is 2.24. The van der Waals surface area contributed by atoms with Gasteiger partial charge in [0.25, 0.3) is 5.91 Å². The van der Waals surface area contributed by atoms with E-state index in [1.165, 1.54) is 0 Å². The Balaban J connectivity index is 3.22. The van der Waals surface area contributed by atoms with Gasteiger partial charge in [0, 0.05) is 0 Å². The van der Waals surface area contributed by atoms with Gasteiger partial charge in [-0.05, 0) is 11.3 Å². The lowest BCUT2D eigenvalue weighted by molar-refractivity contribution is 0.0959. The van der Waals surface area contributed by atoms with Crippen molar-refractivity contribution >= 4 is 30.8 Å². The van der Waals surface area contributed by atoms with Crippen LogP contribution in [0.25, 0.3) is 0 Å². The molecule has 0 atom stereocenters. The molecule has 1 N–H and O–H groups in total. The van der Waals surface area contributed by atoms with E-state index in [2.05, 4.69) is 25.0 Å². The molecule has 0 spiro atoms. The second-order valence-electron chi connectivity index (χ2n) is 4.75. The van der Waals surface area contributed by atoms with E-state index in [1.54, 1.807) is 6.07 Å². The normalized spacial score (nSPS) is 10.8. The summed E-state index contributed by atoms with van der Waals surface area (Å²) in [5.74, 6) is -0.269. The lowest BCUT2D eigenvalue weighted by Crippen LogP contribution is -2.43. The number of carbonyl (C=O) groups is 1. The van der Waals surface area contributed by atoms with Gasteiger partial charge in [0.1, 0.15) is 6.54 Å². The summed E-state index contributed by atoms with van der Waals surface area (Å²) in [5.41, 5.74) is 0.517. The molecule has 1 aromatic rings. The van der Waals surface area contributed by atoms with E-state index in [9.17, 15) is 4.79 Å². The van der Waals surface area contributed by atoms with Crippen molar-refractivity contribution in [2.75, 3.05) is 6.54 Å². The van der Waals surface area contributed by atoms with Crippen molar-refractivity contribution in [2.45, 2.75) is 19.6 Å². The number of halogens is 1. The SMILES string of the molecule is C[Si](C)(C)c1cccc(Cl)c1C(=O)NCC#N. The highest BCUT2D eigenvalue weighted by atomic mass is 35.5. The van der Waals surface area contributed by atoms with Gasteiger partial charge in [0.2, 0.25) is 0 Å². The van der Waals surface area contributed by atoms with Crippen LogP contribution in [0.2, 0.25) is 24.7 Å². The van der Waals surface area contributed by atoms with Crippen LogP contribution in [0, 0.1) is 11.3 Å². The number of nitriles is 1. The molecule has 5 heteroatoms. The Kier molecular flexibility index (Phi) is 4.32. The van der Waals surface area contributed by atoms with Gasteiger partial charge in [0.05, 0.1) is 24.7 Å². The molecule has 0 bridgehead atoms. The quantitative estimate of drug-likeness (QED) is 0.673. The van der Waals surface area contributed by atoms with Gasteiger partial charge in [-0.1, -0.05) is 43.4 Å². The fourth-order valence-electron chi connectivity index (χ4n) is 1.59. The monoisotopic (exact) mass is 266 g/mol. The van der Waals surface area contributed by atoms with Gasteiger partial charge >= 0.3 is 0 Å². The number of hydrogen-bond donors (Lipinski definition) is 1. The number of amides is 1. The van der Waals surface area contributed by atoms with E-state index >= 15 is 0 Å². The van der Waals surface area contributed by atoms with Crippen molar-refractivity contribution < 1.29 is 4.79 Å². The largest absolute Gasteiger partial charge is 0.339 e. The smallest absolute Gasteiger partial charge is 0.253 e. The van der Waals surface area contributed by atoms with Crippen molar-refractivity contribution in [3.63, 3.8) is 0 Å². The third-order valence-electron chi connectivity index (χ3n) is 2.38. The Hall–Kier alpha value is -1.31. The molecule has 1 aromatic carbocycles. The van der Waals surface area contributed by atoms with E-state index in [-0.39, 0.29) is 12.5 Å². The standard InChI is InChI=1S/C12H15ClN2OSi/c1-17(2,3)10-6-4-5-9(13)11(10)12(16)15-8-7-14/h4-6H,8H2,1-3H3,(H,15,16). The Morgan fingerprint density at radius 3 is 2.65 bits per heavy atom. The van der Waals surface area contributed by atoms with Gasteiger partial charge in [-0.3, -0.25) is 4.79 Å². The molecule has 1 rings (SSSR count). The minimum atomic E-state index is -1.64. The second kappa shape index (κ2) is 5.35. The number of nitrogens with zero attached hydrogens (tertiary/aromatic N) is 1. The van der Waals surface area contributed by atoms with Crippen LogP contribution in [0.5, 0.6) is 0 Å². The molecule has 0 unspecified atom stereocenters. The summed E-state index contributed by atoms with van der Waals surface area (Å²) in [6, 6.07) is 7.39. The van der Waals surface area contributed by atoms with Crippen molar-refractivity contribution in [2.24, 2.45) is 0 Å². The molecule has 0 aliphatic heterocycles. The summed E-state index contributed by atoms with van der Waals surface area (Å²) in [7, 11) is -1.64. The first-order chi connectivity index (χ1) is 7.88. The maximum atomic E-state index is 12.0. The summed E-state index contributed by atoms with van der Waals surface area (Å²) < 4.78 is 0. The molecule has 0 saturated carbocycles.